The Morgan fingerprint density at radius 2 is 2.42 bits per heavy atom. The summed E-state index contributed by atoms with van der Waals surface area (Å²) in [5.41, 5.74) is 0. The number of nitrogens with zero attached hydrogens (tertiary/aromatic N) is 1. The standard InChI is InChI=1S/C8H16FNOS/c1-8-7-10(4-2-3-9)5-6-12(8)11/h8H,2-7H2,1H3. The lowest BCUT2D eigenvalue weighted by Crippen LogP contribution is -2.43. The lowest BCUT2D eigenvalue weighted by molar-refractivity contribution is 0.266. The summed E-state index contributed by atoms with van der Waals surface area (Å²) in [7, 11) is -0.647. The van der Waals surface area contributed by atoms with Crippen molar-refractivity contribution in [2.24, 2.45) is 0 Å². The van der Waals surface area contributed by atoms with Crippen molar-refractivity contribution in [3.8, 4) is 0 Å². The zero-order valence-corrected chi connectivity index (χ0v) is 8.28. The number of alkyl halides is 1. The van der Waals surface area contributed by atoms with E-state index in [1.165, 1.54) is 0 Å². The highest BCUT2D eigenvalue weighted by molar-refractivity contribution is 7.85. The summed E-state index contributed by atoms with van der Waals surface area (Å²) in [5, 5.41) is 0.262. The summed E-state index contributed by atoms with van der Waals surface area (Å²) in [6.07, 6.45) is 0.610. The molecule has 4 heteroatoms. The Balaban J connectivity index is 2.25. The van der Waals surface area contributed by atoms with Crippen molar-refractivity contribution in [3.63, 3.8) is 0 Å². The zero-order valence-electron chi connectivity index (χ0n) is 7.46. The van der Waals surface area contributed by atoms with Gasteiger partial charge >= 0.3 is 0 Å². The molecule has 1 rings (SSSR count). The van der Waals surface area contributed by atoms with Gasteiger partial charge in [0.05, 0.1) is 6.67 Å². The van der Waals surface area contributed by atoms with Gasteiger partial charge in [-0.1, -0.05) is 0 Å². The Morgan fingerprint density at radius 3 is 3.00 bits per heavy atom. The molecule has 0 bridgehead atoms. The fraction of sp³-hybridized carbons (Fsp3) is 1.00. The highest BCUT2D eigenvalue weighted by Gasteiger charge is 2.21. The van der Waals surface area contributed by atoms with Crippen LogP contribution >= 0.6 is 0 Å². The largest absolute Gasteiger partial charge is 0.301 e. The molecule has 0 aromatic heterocycles. The molecule has 1 aliphatic rings. The maximum Gasteiger partial charge on any atom is 0.0906 e. The second kappa shape index (κ2) is 4.92. The van der Waals surface area contributed by atoms with E-state index in [-0.39, 0.29) is 11.9 Å². The maximum absolute atomic E-state index is 11.8. The summed E-state index contributed by atoms with van der Waals surface area (Å²) >= 11 is 0. The zero-order chi connectivity index (χ0) is 8.97. The summed E-state index contributed by atoms with van der Waals surface area (Å²) in [6.45, 7) is 4.31. The number of rotatable bonds is 3. The van der Waals surface area contributed by atoms with Gasteiger partial charge in [0.1, 0.15) is 0 Å². The van der Waals surface area contributed by atoms with Gasteiger partial charge in [0, 0.05) is 41.4 Å². The minimum Gasteiger partial charge on any atom is -0.301 e. The van der Waals surface area contributed by atoms with E-state index >= 15 is 0 Å². The molecule has 0 aliphatic carbocycles. The first-order valence-corrected chi connectivity index (χ1v) is 5.77. The minimum atomic E-state index is -0.647. The number of halogens is 1. The Kier molecular flexibility index (Phi) is 4.15. The van der Waals surface area contributed by atoms with E-state index in [1.54, 1.807) is 0 Å². The predicted molar refractivity (Wildman–Crippen MR) is 49.5 cm³/mol. The fourth-order valence-corrected chi connectivity index (χ4v) is 2.66. The molecule has 1 heterocycles. The first-order chi connectivity index (χ1) is 5.74. The molecule has 0 aromatic carbocycles. The molecule has 2 unspecified atom stereocenters. The van der Waals surface area contributed by atoms with Crippen molar-refractivity contribution in [1.82, 2.24) is 4.90 Å². The van der Waals surface area contributed by atoms with E-state index in [0.717, 1.165) is 25.4 Å². The van der Waals surface area contributed by atoms with Crippen molar-refractivity contribution in [2.45, 2.75) is 18.6 Å². The van der Waals surface area contributed by atoms with Gasteiger partial charge in [0.2, 0.25) is 0 Å². The molecule has 0 spiro atoms. The molecule has 1 aliphatic heterocycles. The molecule has 2 atom stereocenters. The lowest BCUT2D eigenvalue weighted by atomic mass is 10.3. The van der Waals surface area contributed by atoms with E-state index in [9.17, 15) is 8.60 Å². The van der Waals surface area contributed by atoms with Crippen molar-refractivity contribution in [1.29, 1.82) is 0 Å². The van der Waals surface area contributed by atoms with E-state index in [0.29, 0.717) is 6.42 Å². The van der Waals surface area contributed by atoms with Gasteiger partial charge in [-0.25, -0.2) is 0 Å². The van der Waals surface area contributed by atoms with Crippen LogP contribution in [0.1, 0.15) is 13.3 Å². The average molecular weight is 193 g/mol. The smallest absolute Gasteiger partial charge is 0.0906 e. The highest BCUT2D eigenvalue weighted by atomic mass is 32.2. The van der Waals surface area contributed by atoms with Crippen LogP contribution in [-0.4, -0.2) is 46.4 Å². The van der Waals surface area contributed by atoms with Crippen LogP contribution in [0.25, 0.3) is 0 Å². The molecule has 12 heavy (non-hydrogen) atoms. The second-order valence-corrected chi connectivity index (χ2v) is 5.21. The fourth-order valence-electron chi connectivity index (χ4n) is 1.44. The quantitative estimate of drug-likeness (QED) is 0.661. The second-order valence-electron chi connectivity index (χ2n) is 3.24. The van der Waals surface area contributed by atoms with Crippen LogP contribution in [0.3, 0.4) is 0 Å². The van der Waals surface area contributed by atoms with Crippen molar-refractivity contribution in [2.75, 3.05) is 32.1 Å². The normalized spacial score (nSPS) is 32.2. The van der Waals surface area contributed by atoms with E-state index in [4.69, 9.17) is 0 Å². The third-order valence-corrected chi connectivity index (χ3v) is 3.81. The summed E-state index contributed by atoms with van der Waals surface area (Å²) in [5.74, 6) is 0.757. The number of hydrogen-bond acceptors (Lipinski definition) is 2. The topological polar surface area (TPSA) is 20.3 Å². The van der Waals surface area contributed by atoms with Crippen LogP contribution in [0, 0.1) is 0 Å². The van der Waals surface area contributed by atoms with E-state index in [1.807, 2.05) is 6.92 Å². The average Bonchev–Trinajstić information content (AvgIpc) is 2.07. The van der Waals surface area contributed by atoms with Crippen molar-refractivity contribution >= 4 is 10.8 Å². The van der Waals surface area contributed by atoms with E-state index in [2.05, 4.69) is 4.90 Å². The summed E-state index contributed by atoms with van der Waals surface area (Å²) in [4.78, 5) is 2.20. The molecule has 72 valence electrons. The molecule has 0 radical (unpaired) electrons. The van der Waals surface area contributed by atoms with Gasteiger partial charge in [0.15, 0.2) is 0 Å². The number of hydrogen-bond donors (Lipinski definition) is 0. The molecule has 2 nitrogen and oxygen atoms in total. The van der Waals surface area contributed by atoms with Crippen LogP contribution in [-0.2, 0) is 10.8 Å². The van der Waals surface area contributed by atoms with Gasteiger partial charge in [0.25, 0.3) is 0 Å². The van der Waals surface area contributed by atoms with Crippen molar-refractivity contribution in [3.05, 3.63) is 0 Å². The van der Waals surface area contributed by atoms with E-state index < -0.39 is 10.8 Å². The van der Waals surface area contributed by atoms with Crippen LogP contribution in [0.4, 0.5) is 4.39 Å². The van der Waals surface area contributed by atoms with Gasteiger partial charge < -0.3 is 4.90 Å². The molecule has 0 aromatic rings. The van der Waals surface area contributed by atoms with Gasteiger partial charge in [-0.05, 0) is 13.3 Å². The van der Waals surface area contributed by atoms with Gasteiger partial charge in [-0.15, -0.1) is 0 Å². The molecule has 0 saturated carbocycles. The van der Waals surface area contributed by atoms with Crippen LogP contribution in [0.2, 0.25) is 0 Å². The monoisotopic (exact) mass is 193 g/mol. The Bertz CT molecular complexity index is 165. The Morgan fingerprint density at radius 1 is 1.67 bits per heavy atom. The lowest BCUT2D eigenvalue weighted by Gasteiger charge is -2.29. The third-order valence-electron chi connectivity index (χ3n) is 2.18. The maximum atomic E-state index is 11.8. The molecule has 1 saturated heterocycles. The SMILES string of the molecule is CC1CN(CCCF)CCS1=O. The van der Waals surface area contributed by atoms with Crippen LogP contribution in [0.5, 0.6) is 0 Å². The third kappa shape index (κ3) is 2.83. The molecule has 0 N–H and O–H groups in total. The summed E-state index contributed by atoms with van der Waals surface area (Å²) in [6, 6.07) is 0. The molecular formula is C8H16FNOS. The Hall–Kier alpha value is 0.0400. The minimum absolute atomic E-state index is 0.242. The van der Waals surface area contributed by atoms with Gasteiger partial charge in [-0.3, -0.25) is 8.60 Å². The molecule has 1 fully saturated rings. The summed E-state index contributed by atoms with van der Waals surface area (Å²) < 4.78 is 23.1. The first kappa shape index (κ1) is 10.1. The van der Waals surface area contributed by atoms with Crippen LogP contribution in [0.15, 0.2) is 0 Å². The Labute approximate surface area is 75.6 Å². The van der Waals surface area contributed by atoms with Crippen LogP contribution < -0.4 is 0 Å². The highest BCUT2D eigenvalue weighted by Crippen LogP contribution is 2.08. The first-order valence-electron chi connectivity index (χ1n) is 4.39. The van der Waals surface area contributed by atoms with Gasteiger partial charge in [-0.2, -0.15) is 0 Å². The molecular weight excluding hydrogens is 177 g/mol. The molecule has 0 amide bonds. The predicted octanol–water partition coefficient (Wildman–Crippen LogP) is 0.799. The van der Waals surface area contributed by atoms with Crippen molar-refractivity contribution < 1.29 is 8.60 Å².